The number of aliphatic hydroxyl groups is 1. The zero-order valence-electron chi connectivity index (χ0n) is 10.4. The van der Waals surface area contributed by atoms with E-state index in [0.717, 1.165) is 4.90 Å². The van der Waals surface area contributed by atoms with Gasteiger partial charge in [-0.25, -0.2) is 17.6 Å². The predicted molar refractivity (Wildman–Crippen MR) is 59.5 cm³/mol. The van der Waals surface area contributed by atoms with Crippen molar-refractivity contribution in [3.8, 4) is 0 Å². The van der Waals surface area contributed by atoms with Gasteiger partial charge in [0, 0.05) is 19.7 Å². The van der Waals surface area contributed by atoms with E-state index in [2.05, 4.69) is 0 Å². The molecular weight excluding hydrogens is 266 g/mol. The van der Waals surface area contributed by atoms with Crippen molar-refractivity contribution in [2.75, 3.05) is 13.7 Å². The first-order chi connectivity index (χ1) is 8.81. The highest BCUT2D eigenvalue weighted by Gasteiger charge is 2.26. The predicted octanol–water partition coefficient (Wildman–Crippen LogP) is 2.09. The molecule has 1 aromatic rings. The molecule has 0 spiro atoms. The van der Waals surface area contributed by atoms with E-state index < -0.39 is 40.8 Å². The van der Waals surface area contributed by atoms with Crippen molar-refractivity contribution in [1.29, 1.82) is 0 Å². The second kappa shape index (κ2) is 6.01. The number of rotatable bonds is 4. The summed E-state index contributed by atoms with van der Waals surface area (Å²) in [4.78, 5) is 12.9. The first kappa shape index (κ1) is 15.4. The van der Waals surface area contributed by atoms with Crippen molar-refractivity contribution < 1.29 is 27.5 Å². The zero-order chi connectivity index (χ0) is 14.7. The van der Waals surface area contributed by atoms with Crippen LogP contribution in [0.25, 0.3) is 0 Å². The molecule has 0 fully saturated rings. The van der Waals surface area contributed by atoms with Crippen LogP contribution in [0.1, 0.15) is 23.7 Å². The molecule has 1 N–H and O–H groups in total. The highest BCUT2D eigenvalue weighted by atomic mass is 19.2. The summed E-state index contributed by atoms with van der Waals surface area (Å²) in [6.45, 7) is 1.37. The van der Waals surface area contributed by atoms with Crippen molar-refractivity contribution in [3.63, 3.8) is 0 Å². The Morgan fingerprint density at radius 2 is 1.84 bits per heavy atom. The normalized spacial score (nSPS) is 12.4. The summed E-state index contributed by atoms with van der Waals surface area (Å²) in [6, 6.07) is -0.147. The van der Waals surface area contributed by atoms with E-state index in [9.17, 15) is 22.4 Å². The third-order valence-corrected chi connectivity index (χ3v) is 2.86. The summed E-state index contributed by atoms with van der Waals surface area (Å²) in [5.41, 5.74) is -0.885. The van der Waals surface area contributed by atoms with Crippen molar-refractivity contribution in [1.82, 2.24) is 4.90 Å². The lowest BCUT2D eigenvalue weighted by Crippen LogP contribution is -2.36. The molecule has 0 heterocycles. The average molecular weight is 279 g/mol. The van der Waals surface area contributed by atoms with Crippen molar-refractivity contribution in [3.05, 3.63) is 34.9 Å². The van der Waals surface area contributed by atoms with Gasteiger partial charge in [0.25, 0.3) is 5.91 Å². The van der Waals surface area contributed by atoms with E-state index >= 15 is 0 Å². The first-order valence-electron chi connectivity index (χ1n) is 5.52. The van der Waals surface area contributed by atoms with Crippen molar-refractivity contribution in [2.45, 2.75) is 19.4 Å². The molecule has 7 heteroatoms. The third kappa shape index (κ3) is 3.04. The van der Waals surface area contributed by atoms with Crippen LogP contribution >= 0.6 is 0 Å². The molecule has 0 bridgehead atoms. The lowest BCUT2D eigenvalue weighted by Gasteiger charge is -2.24. The smallest absolute Gasteiger partial charge is 0.257 e. The van der Waals surface area contributed by atoms with E-state index in [1.165, 1.54) is 7.05 Å². The molecule has 1 amide bonds. The summed E-state index contributed by atoms with van der Waals surface area (Å²) in [5, 5.41) is 8.74. The topological polar surface area (TPSA) is 40.5 Å². The molecule has 0 aliphatic carbocycles. The third-order valence-electron chi connectivity index (χ3n) is 2.86. The molecular formula is C12H13F4NO2. The van der Waals surface area contributed by atoms with Crippen LogP contribution in [0.3, 0.4) is 0 Å². The van der Waals surface area contributed by atoms with E-state index in [-0.39, 0.29) is 13.0 Å². The summed E-state index contributed by atoms with van der Waals surface area (Å²) in [7, 11) is 1.29. The van der Waals surface area contributed by atoms with Crippen LogP contribution in [-0.2, 0) is 0 Å². The van der Waals surface area contributed by atoms with Crippen molar-refractivity contribution >= 4 is 5.91 Å². The maximum absolute atomic E-state index is 13.4. The van der Waals surface area contributed by atoms with Crippen LogP contribution in [0.4, 0.5) is 17.6 Å². The van der Waals surface area contributed by atoms with Gasteiger partial charge in [-0.3, -0.25) is 4.79 Å². The van der Waals surface area contributed by atoms with Gasteiger partial charge in [0.05, 0.1) is 5.56 Å². The SMILES string of the molecule is CC(CCO)N(C)C(=O)c1cc(F)c(F)c(F)c1F. The molecule has 1 aromatic carbocycles. The van der Waals surface area contributed by atoms with Gasteiger partial charge < -0.3 is 10.0 Å². The minimum Gasteiger partial charge on any atom is -0.396 e. The highest BCUT2D eigenvalue weighted by Crippen LogP contribution is 2.20. The molecule has 0 aliphatic heterocycles. The van der Waals surface area contributed by atoms with E-state index in [1.54, 1.807) is 6.92 Å². The minimum absolute atomic E-state index is 0.201. The molecule has 19 heavy (non-hydrogen) atoms. The maximum atomic E-state index is 13.4. The van der Waals surface area contributed by atoms with E-state index in [0.29, 0.717) is 6.07 Å². The zero-order valence-corrected chi connectivity index (χ0v) is 10.4. The first-order valence-corrected chi connectivity index (χ1v) is 5.52. The lowest BCUT2D eigenvalue weighted by molar-refractivity contribution is 0.0715. The Labute approximate surface area is 107 Å². The van der Waals surface area contributed by atoms with Crippen LogP contribution < -0.4 is 0 Å². The second-order valence-corrected chi connectivity index (χ2v) is 4.13. The number of halogens is 4. The molecule has 3 nitrogen and oxygen atoms in total. The Hall–Kier alpha value is -1.63. The Morgan fingerprint density at radius 1 is 1.26 bits per heavy atom. The summed E-state index contributed by atoms with van der Waals surface area (Å²) in [5.74, 6) is -8.33. The standard InChI is InChI=1S/C12H13F4NO2/c1-6(3-4-18)17(2)12(19)7-5-8(13)10(15)11(16)9(7)14/h5-6,18H,3-4H2,1-2H3. The van der Waals surface area contributed by atoms with E-state index in [4.69, 9.17) is 5.11 Å². The molecule has 1 atom stereocenters. The molecule has 106 valence electrons. The summed E-state index contributed by atoms with van der Waals surface area (Å²) < 4.78 is 52.2. The molecule has 0 saturated heterocycles. The fourth-order valence-corrected chi connectivity index (χ4v) is 1.50. The van der Waals surface area contributed by atoms with Crippen LogP contribution in [-0.4, -0.2) is 35.6 Å². The number of aliphatic hydroxyl groups excluding tert-OH is 1. The van der Waals surface area contributed by atoms with Crippen LogP contribution in [0.15, 0.2) is 6.07 Å². The molecule has 1 unspecified atom stereocenters. The molecule has 0 radical (unpaired) electrons. The number of hydrogen-bond acceptors (Lipinski definition) is 2. The molecule has 0 aromatic heterocycles. The fraction of sp³-hybridized carbons (Fsp3) is 0.417. The van der Waals surface area contributed by atoms with Gasteiger partial charge in [0.1, 0.15) is 0 Å². The number of nitrogens with zero attached hydrogens (tertiary/aromatic N) is 1. The largest absolute Gasteiger partial charge is 0.396 e. The summed E-state index contributed by atoms with van der Waals surface area (Å²) in [6.07, 6.45) is 0.218. The Morgan fingerprint density at radius 3 is 2.37 bits per heavy atom. The highest BCUT2D eigenvalue weighted by molar-refractivity contribution is 5.94. The van der Waals surface area contributed by atoms with Crippen LogP contribution in [0, 0.1) is 23.3 Å². The average Bonchev–Trinajstić information content (AvgIpc) is 2.39. The van der Waals surface area contributed by atoms with Gasteiger partial charge in [-0.15, -0.1) is 0 Å². The number of amides is 1. The monoisotopic (exact) mass is 279 g/mol. The quantitative estimate of drug-likeness (QED) is 0.521. The lowest BCUT2D eigenvalue weighted by atomic mass is 10.1. The minimum atomic E-state index is -2.02. The van der Waals surface area contributed by atoms with Crippen LogP contribution in [0.2, 0.25) is 0 Å². The van der Waals surface area contributed by atoms with Crippen LogP contribution in [0.5, 0.6) is 0 Å². The molecule has 1 rings (SSSR count). The number of benzene rings is 1. The number of hydrogen-bond donors (Lipinski definition) is 1. The molecule has 0 aliphatic rings. The Kier molecular flexibility index (Phi) is 4.88. The fourth-order valence-electron chi connectivity index (χ4n) is 1.50. The second-order valence-electron chi connectivity index (χ2n) is 4.13. The van der Waals surface area contributed by atoms with E-state index in [1.807, 2.05) is 0 Å². The summed E-state index contributed by atoms with van der Waals surface area (Å²) >= 11 is 0. The van der Waals surface area contributed by atoms with Gasteiger partial charge in [0.2, 0.25) is 0 Å². The Bertz CT molecular complexity index is 493. The van der Waals surface area contributed by atoms with Gasteiger partial charge >= 0.3 is 0 Å². The number of carbonyl (C=O) groups excluding carboxylic acids is 1. The van der Waals surface area contributed by atoms with Gasteiger partial charge in [-0.2, -0.15) is 0 Å². The molecule has 0 saturated carbocycles. The maximum Gasteiger partial charge on any atom is 0.257 e. The Balaban J connectivity index is 3.13. The number of carbonyl (C=O) groups is 1. The van der Waals surface area contributed by atoms with Gasteiger partial charge in [0.15, 0.2) is 23.3 Å². The van der Waals surface area contributed by atoms with Gasteiger partial charge in [-0.05, 0) is 19.4 Å². The van der Waals surface area contributed by atoms with Gasteiger partial charge in [-0.1, -0.05) is 0 Å². The van der Waals surface area contributed by atoms with Crippen molar-refractivity contribution in [2.24, 2.45) is 0 Å².